The lowest BCUT2D eigenvalue weighted by Crippen LogP contribution is -2.37. The van der Waals surface area contributed by atoms with E-state index >= 15 is 0 Å². The molecule has 0 spiro atoms. The number of carbonyl (C=O) groups is 1. The van der Waals surface area contributed by atoms with Crippen molar-refractivity contribution in [3.8, 4) is 0 Å². The van der Waals surface area contributed by atoms with Gasteiger partial charge in [0.05, 0.1) is 11.7 Å². The minimum Gasteiger partial charge on any atom is -0.440 e. The molecule has 0 atom stereocenters. The van der Waals surface area contributed by atoms with Crippen molar-refractivity contribution >= 4 is 27.1 Å². The van der Waals surface area contributed by atoms with Crippen LogP contribution in [0.2, 0.25) is 0 Å². The van der Waals surface area contributed by atoms with Crippen LogP contribution in [0.1, 0.15) is 29.0 Å². The van der Waals surface area contributed by atoms with Crippen molar-refractivity contribution in [1.29, 1.82) is 0 Å². The first-order valence-electron chi connectivity index (χ1n) is 9.09. The number of sulfone groups is 1. The van der Waals surface area contributed by atoms with Crippen molar-refractivity contribution in [2.75, 3.05) is 36.7 Å². The van der Waals surface area contributed by atoms with Crippen LogP contribution in [0.25, 0.3) is 0 Å². The van der Waals surface area contributed by atoms with E-state index in [2.05, 4.69) is 5.32 Å². The maximum absolute atomic E-state index is 13.7. The lowest BCUT2D eigenvalue weighted by Gasteiger charge is -2.34. The number of nitrogens with zero attached hydrogens (tertiary/aromatic N) is 1. The zero-order valence-electron chi connectivity index (χ0n) is 16.3. The predicted octanol–water partition coefficient (Wildman–Crippen LogP) is 3.57. The molecule has 30 heavy (non-hydrogen) atoms. The van der Waals surface area contributed by atoms with Crippen LogP contribution in [0.15, 0.2) is 39.8 Å². The molecular formula is C19H21F3N2O5S. The standard InChI is InChI=1S/C19H21F3N2O5S/c1-28-13-7-9-24(10-8-13)15-4-3-12(11-14(15)19(20,21)22)23-18(25)16-5-6-17(29-16)30(2,26)27/h3-6,11,13H,7-10H2,1-2H3,(H,23,25). The van der Waals surface area contributed by atoms with Gasteiger partial charge in [-0.15, -0.1) is 0 Å². The number of carbonyl (C=O) groups excluding carboxylic acids is 1. The number of rotatable bonds is 5. The van der Waals surface area contributed by atoms with E-state index in [0.717, 1.165) is 24.5 Å². The number of nitrogens with one attached hydrogen (secondary N) is 1. The maximum Gasteiger partial charge on any atom is 0.418 e. The number of piperidine rings is 1. The van der Waals surface area contributed by atoms with Crippen molar-refractivity contribution in [3.05, 3.63) is 41.7 Å². The molecule has 11 heteroatoms. The molecule has 7 nitrogen and oxygen atoms in total. The maximum atomic E-state index is 13.7. The number of furan rings is 1. The fraction of sp³-hybridized carbons (Fsp3) is 0.421. The largest absolute Gasteiger partial charge is 0.440 e. The predicted molar refractivity (Wildman–Crippen MR) is 103 cm³/mol. The van der Waals surface area contributed by atoms with Crippen LogP contribution >= 0.6 is 0 Å². The minimum atomic E-state index is -4.62. The summed E-state index contributed by atoms with van der Waals surface area (Å²) in [7, 11) is -2.07. The zero-order valence-corrected chi connectivity index (χ0v) is 17.1. The number of ether oxygens (including phenoxy) is 1. The average molecular weight is 446 g/mol. The number of hydrogen-bond acceptors (Lipinski definition) is 6. The number of benzene rings is 1. The van der Waals surface area contributed by atoms with Crippen LogP contribution in [0.3, 0.4) is 0 Å². The second-order valence-corrected chi connectivity index (χ2v) is 8.94. The molecular weight excluding hydrogens is 425 g/mol. The molecule has 0 aliphatic carbocycles. The molecule has 164 valence electrons. The molecule has 2 aromatic rings. The summed E-state index contributed by atoms with van der Waals surface area (Å²) in [5.41, 5.74) is -0.917. The Morgan fingerprint density at radius 3 is 2.40 bits per heavy atom. The molecule has 0 bridgehead atoms. The second kappa shape index (κ2) is 8.31. The number of anilines is 2. The van der Waals surface area contributed by atoms with Gasteiger partial charge >= 0.3 is 6.18 Å². The highest BCUT2D eigenvalue weighted by molar-refractivity contribution is 7.90. The van der Waals surface area contributed by atoms with E-state index in [-0.39, 0.29) is 23.2 Å². The monoisotopic (exact) mass is 446 g/mol. The van der Waals surface area contributed by atoms with Gasteiger partial charge in [-0.1, -0.05) is 0 Å². The van der Waals surface area contributed by atoms with Crippen molar-refractivity contribution in [2.45, 2.75) is 30.2 Å². The zero-order chi connectivity index (χ0) is 22.1. The Hall–Kier alpha value is -2.53. The number of alkyl halides is 3. The first-order valence-corrected chi connectivity index (χ1v) is 11.0. The van der Waals surface area contributed by atoms with Gasteiger partial charge in [0.25, 0.3) is 5.91 Å². The summed E-state index contributed by atoms with van der Waals surface area (Å²) >= 11 is 0. The summed E-state index contributed by atoms with van der Waals surface area (Å²) in [5, 5.41) is 1.91. The van der Waals surface area contributed by atoms with Gasteiger partial charge < -0.3 is 19.4 Å². The summed E-state index contributed by atoms with van der Waals surface area (Å²) < 4.78 is 74.1. The molecule has 0 radical (unpaired) electrons. The summed E-state index contributed by atoms with van der Waals surface area (Å²) in [5.74, 6) is -1.18. The fourth-order valence-corrected chi connectivity index (χ4v) is 3.84. The minimum absolute atomic E-state index is 0.0271. The average Bonchev–Trinajstić information content (AvgIpc) is 3.18. The van der Waals surface area contributed by atoms with Crippen molar-refractivity contribution in [2.24, 2.45) is 0 Å². The third kappa shape index (κ3) is 4.96. The Morgan fingerprint density at radius 1 is 1.20 bits per heavy atom. The van der Waals surface area contributed by atoms with Crippen LogP contribution in [0.5, 0.6) is 0 Å². The van der Waals surface area contributed by atoms with Crippen molar-refractivity contribution < 1.29 is 35.5 Å². The molecule has 1 amide bonds. The smallest absolute Gasteiger partial charge is 0.418 e. The SMILES string of the molecule is COC1CCN(c2ccc(NC(=O)c3ccc(S(C)(=O)=O)o3)cc2C(F)(F)F)CC1. The van der Waals surface area contributed by atoms with Gasteiger partial charge in [0.15, 0.2) is 5.76 Å². The third-order valence-corrected chi connectivity index (χ3v) is 5.80. The summed E-state index contributed by atoms with van der Waals surface area (Å²) in [6, 6.07) is 5.79. The van der Waals surface area contributed by atoms with E-state index < -0.39 is 32.6 Å². The van der Waals surface area contributed by atoms with Gasteiger partial charge in [-0.25, -0.2) is 8.42 Å². The molecule has 0 unspecified atom stereocenters. The van der Waals surface area contributed by atoms with E-state index in [4.69, 9.17) is 9.15 Å². The Kier molecular flexibility index (Phi) is 6.14. The van der Waals surface area contributed by atoms with Crippen LogP contribution in [-0.4, -0.2) is 46.9 Å². The Bertz CT molecular complexity index is 1030. The van der Waals surface area contributed by atoms with E-state index in [1.165, 1.54) is 12.1 Å². The van der Waals surface area contributed by atoms with Crippen molar-refractivity contribution in [1.82, 2.24) is 0 Å². The normalized spacial score (nSPS) is 16.0. The summed E-state index contributed by atoms with van der Waals surface area (Å²) in [4.78, 5) is 13.9. The molecule has 1 saturated heterocycles. The van der Waals surface area contributed by atoms with Gasteiger partial charge in [0.2, 0.25) is 14.9 Å². The fourth-order valence-electron chi connectivity index (χ4n) is 3.28. The van der Waals surface area contributed by atoms with E-state index in [9.17, 15) is 26.4 Å². The molecule has 2 heterocycles. The van der Waals surface area contributed by atoms with E-state index in [1.54, 1.807) is 12.0 Å². The molecule has 1 aromatic carbocycles. The number of halogens is 3. The highest BCUT2D eigenvalue weighted by atomic mass is 32.2. The number of methoxy groups -OCH3 is 1. The first-order chi connectivity index (χ1) is 14.0. The molecule has 1 aromatic heterocycles. The van der Waals surface area contributed by atoms with Gasteiger partial charge in [-0.3, -0.25) is 4.79 Å². The Morgan fingerprint density at radius 2 is 1.87 bits per heavy atom. The third-order valence-electron chi connectivity index (χ3n) is 4.85. The van der Waals surface area contributed by atoms with Crippen molar-refractivity contribution in [3.63, 3.8) is 0 Å². The topological polar surface area (TPSA) is 88.9 Å². The highest BCUT2D eigenvalue weighted by Crippen LogP contribution is 2.39. The Labute approximate surface area is 171 Å². The van der Waals surface area contributed by atoms with Crippen LogP contribution in [-0.2, 0) is 20.8 Å². The van der Waals surface area contributed by atoms with Crippen LogP contribution in [0.4, 0.5) is 24.5 Å². The highest BCUT2D eigenvalue weighted by Gasteiger charge is 2.36. The first kappa shape index (κ1) is 22.2. The molecule has 1 aliphatic heterocycles. The number of amides is 1. The molecule has 3 rings (SSSR count). The Balaban J connectivity index is 1.83. The molecule has 0 saturated carbocycles. The van der Waals surface area contributed by atoms with Crippen LogP contribution in [0, 0.1) is 0 Å². The lowest BCUT2D eigenvalue weighted by atomic mass is 10.0. The van der Waals surface area contributed by atoms with E-state index in [1.807, 2.05) is 0 Å². The van der Waals surface area contributed by atoms with Gasteiger partial charge in [0, 0.05) is 37.8 Å². The molecule has 1 aliphatic rings. The van der Waals surface area contributed by atoms with Gasteiger partial charge in [-0.2, -0.15) is 13.2 Å². The lowest BCUT2D eigenvalue weighted by molar-refractivity contribution is -0.137. The number of hydrogen-bond donors (Lipinski definition) is 1. The van der Waals surface area contributed by atoms with Gasteiger partial charge in [0.1, 0.15) is 0 Å². The quantitative estimate of drug-likeness (QED) is 0.756. The molecule has 1 N–H and O–H groups in total. The van der Waals surface area contributed by atoms with Gasteiger partial charge in [-0.05, 0) is 43.2 Å². The summed E-state index contributed by atoms with van der Waals surface area (Å²) in [6.07, 6.45) is -2.44. The second-order valence-electron chi connectivity index (χ2n) is 7.00. The van der Waals surface area contributed by atoms with Crippen LogP contribution < -0.4 is 10.2 Å². The molecule has 1 fully saturated rings. The summed E-state index contributed by atoms with van der Waals surface area (Å²) in [6.45, 7) is 0.849. The van der Waals surface area contributed by atoms with E-state index in [0.29, 0.717) is 25.9 Å².